The SMILES string of the molecule is CCCCCCOc1cnc(C(=O)Nc2ccc(C#N)cc2C(=O)O)cn1. The van der Waals surface area contributed by atoms with Gasteiger partial charge in [-0.05, 0) is 24.6 Å². The maximum Gasteiger partial charge on any atom is 0.337 e. The van der Waals surface area contributed by atoms with E-state index < -0.39 is 11.9 Å². The second-order valence-electron chi connectivity index (χ2n) is 5.78. The number of benzene rings is 1. The van der Waals surface area contributed by atoms with E-state index in [1.165, 1.54) is 30.6 Å². The van der Waals surface area contributed by atoms with Crippen molar-refractivity contribution in [3.05, 3.63) is 47.4 Å². The lowest BCUT2D eigenvalue weighted by atomic mass is 10.1. The van der Waals surface area contributed by atoms with Crippen LogP contribution in [-0.4, -0.2) is 33.6 Å². The van der Waals surface area contributed by atoms with Crippen LogP contribution in [0.5, 0.6) is 5.88 Å². The Balaban J connectivity index is 2.00. The number of hydrogen-bond acceptors (Lipinski definition) is 6. The molecule has 1 amide bonds. The molecule has 0 fully saturated rings. The molecule has 1 heterocycles. The highest BCUT2D eigenvalue weighted by Gasteiger charge is 2.15. The summed E-state index contributed by atoms with van der Waals surface area (Å²) in [6.07, 6.45) is 6.93. The van der Waals surface area contributed by atoms with E-state index in [1.807, 2.05) is 6.07 Å². The van der Waals surface area contributed by atoms with Crippen LogP contribution in [0.2, 0.25) is 0 Å². The molecule has 0 spiro atoms. The van der Waals surface area contributed by atoms with Gasteiger partial charge in [0.25, 0.3) is 5.91 Å². The molecule has 140 valence electrons. The molecule has 0 atom stereocenters. The standard InChI is InChI=1S/C19H20N4O4/c1-2-3-4-5-8-27-17-12-21-16(11-22-17)18(24)23-15-7-6-13(10-20)9-14(15)19(25)26/h6-7,9,11-12H,2-5,8H2,1H3,(H,23,24)(H,25,26). The van der Waals surface area contributed by atoms with Crippen LogP contribution in [-0.2, 0) is 0 Å². The molecule has 0 aliphatic carbocycles. The quantitative estimate of drug-likeness (QED) is 0.651. The van der Waals surface area contributed by atoms with E-state index in [0.717, 1.165) is 25.7 Å². The molecule has 0 aliphatic rings. The van der Waals surface area contributed by atoms with E-state index in [4.69, 9.17) is 10.00 Å². The number of carboxylic acid groups (broad SMARTS) is 1. The third-order valence-electron chi connectivity index (χ3n) is 3.74. The van der Waals surface area contributed by atoms with Gasteiger partial charge in [-0.15, -0.1) is 0 Å². The van der Waals surface area contributed by atoms with Gasteiger partial charge in [0.1, 0.15) is 5.69 Å². The van der Waals surface area contributed by atoms with Crippen molar-refractivity contribution in [2.24, 2.45) is 0 Å². The summed E-state index contributed by atoms with van der Waals surface area (Å²) < 4.78 is 5.47. The van der Waals surface area contributed by atoms with Crippen molar-refractivity contribution in [3.63, 3.8) is 0 Å². The van der Waals surface area contributed by atoms with Crippen LogP contribution in [0.25, 0.3) is 0 Å². The molecule has 1 aromatic carbocycles. The van der Waals surface area contributed by atoms with Gasteiger partial charge in [-0.25, -0.2) is 14.8 Å². The fraction of sp³-hybridized carbons (Fsp3) is 0.316. The molecule has 0 saturated heterocycles. The molecular weight excluding hydrogens is 348 g/mol. The van der Waals surface area contributed by atoms with Crippen molar-refractivity contribution in [1.29, 1.82) is 5.26 Å². The highest BCUT2D eigenvalue weighted by atomic mass is 16.5. The predicted molar refractivity (Wildman–Crippen MR) is 97.7 cm³/mol. The van der Waals surface area contributed by atoms with Crippen molar-refractivity contribution >= 4 is 17.6 Å². The number of carbonyl (C=O) groups excluding carboxylic acids is 1. The van der Waals surface area contributed by atoms with Gasteiger partial charge < -0.3 is 15.2 Å². The van der Waals surface area contributed by atoms with Crippen molar-refractivity contribution in [1.82, 2.24) is 9.97 Å². The minimum absolute atomic E-state index is 0.0223. The summed E-state index contributed by atoms with van der Waals surface area (Å²) >= 11 is 0. The zero-order valence-corrected chi connectivity index (χ0v) is 14.9. The highest BCUT2D eigenvalue weighted by Crippen LogP contribution is 2.18. The van der Waals surface area contributed by atoms with Gasteiger partial charge in [0.2, 0.25) is 5.88 Å². The number of nitriles is 1. The van der Waals surface area contributed by atoms with Crippen molar-refractivity contribution < 1.29 is 19.4 Å². The van der Waals surface area contributed by atoms with Gasteiger partial charge >= 0.3 is 5.97 Å². The van der Waals surface area contributed by atoms with Crippen LogP contribution in [0.1, 0.15) is 59.0 Å². The minimum Gasteiger partial charge on any atom is -0.478 e. The molecular formula is C19H20N4O4. The zero-order chi connectivity index (χ0) is 19.6. The van der Waals surface area contributed by atoms with E-state index in [2.05, 4.69) is 22.2 Å². The predicted octanol–water partition coefficient (Wildman–Crippen LogP) is 3.26. The number of nitrogens with one attached hydrogen (secondary N) is 1. The summed E-state index contributed by atoms with van der Waals surface area (Å²) in [4.78, 5) is 31.6. The van der Waals surface area contributed by atoms with Gasteiger partial charge in [0.05, 0.1) is 41.9 Å². The maximum absolute atomic E-state index is 12.3. The molecule has 2 N–H and O–H groups in total. The number of ether oxygens (including phenoxy) is 1. The number of amides is 1. The number of unbranched alkanes of at least 4 members (excludes halogenated alkanes) is 3. The second kappa shape index (κ2) is 9.87. The highest BCUT2D eigenvalue weighted by molar-refractivity contribution is 6.06. The molecule has 8 nitrogen and oxygen atoms in total. The Kier molecular flexibility index (Phi) is 7.26. The first-order chi connectivity index (χ1) is 13.0. The first kappa shape index (κ1) is 19.8. The minimum atomic E-state index is -1.25. The lowest BCUT2D eigenvalue weighted by Gasteiger charge is -2.09. The smallest absolute Gasteiger partial charge is 0.337 e. The van der Waals surface area contributed by atoms with Gasteiger partial charge in [-0.2, -0.15) is 5.26 Å². The summed E-state index contributed by atoms with van der Waals surface area (Å²) in [5, 5.41) is 20.6. The van der Waals surface area contributed by atoms with Crippen LogP contribution in [0.4, 0.5) is 5.69 Å². The number of carbonyl (C=O) groups is 2. The lowest BCUT2D eigenvalue weighted by molar-refractivity contribution is 0.0698. The summed E-state index contributed by atoms with van der Waals surface area (Å²) in [6, 6.07) is 5.83. The molecule has 2 aromatic rings. The van der Waals surface area contributed by atoms with Gasteiger partial charge in [0, 0.05) is 0 Å². The summed E-state index contributed by atoms with van der Waals surface area (Å²) in [5.41, 5.74) is 0.103. The fourth-order valence-corrected chi connectivity index (χ4v) is 2.30. The number of hydrogen-bond donors (Lipinski definition) is 2. The van der Waals surface area contributed by atoms with E-state index in [9.17, 15) is 14.7 Å². The Bertz CT molecular complexity index is 844. The van der Waals surface area contributed by atoms with Crippen LogP contribution in [0.3, 0.4) is 0 Å². The molecule has 0 unspecified atom stereocenters. The Morgan fingerprint density at radius 2 is 2.04 bits per heavy atom. The average Bonchev–Trinajstić information content (AvgIpc) is 2.68. The Hall–Kier alpha value is -3.47. The Labute approximate surface area is 156 Å². The third-order valence-corrected chi connectivity index (χ3v) is 3.74. The average molecular weight is 368 g/mol. The summed E-state index contributed by atoms with van der Waals surface area (Å²) in [7, 11) is 0. The zero-order valence-electron chi connectivity index (χ0n) is 14.9. The number of aromatic nitrogens is 2. The first-order valence-electron chi connectivity index (χ1n) is 8.58. The van der Waals surface area contributed by atoms with E-state index in [0.29, 0.717) is 12.5 Å². The van der Waals surface area contributed by atoms with Gasteiger partial charge in [0.15, 0.2) is 0 Å². The number of rotatable bonds is 9. The van der Waals surface area contributed by atoms with E-state index in [1.54, 1.807) is 0 Å². The van der Waals surface area contributed by atoms with E-state index >= 15 is 0 Å². The van der Waals surface area contributed by atoms with Crippen LogP contribution >= 0.6 is 0 Å². The topological polar surface area (TPSA) is 125 Å². The molecule has 2 rings (SSSR count). The second-order valence-corrected chi connectivity index (χ2v) is 5.78. The van der Waals surface area contributed by atoms with Crippen LogP contribution in [0, 0.1) is 11.3 Å². The molecule has 0 radical (unpaired) electrons. The molecule has 0 bridgehead atoms. The molecule has 27 heavy (non-hydrogen) atoms. The number of nitrogens with zero attached hydrogens (tertiary/aromatic N) is 3. The maximum atomic E-state index is 12.3. The third kappa shape index (κ3) is 5.78. The Morgan fingerprint density at radius 3 is 2.67 bits per heavy atom. The largest absolute Gasteiger partial charge is 0.478 e. The number of anilines is 1. The normalized spacial score (nSPS) is 10.1. The monoisotopic (exact) mass is 368 g/mol. The molecule has 1 aromatic heterocycles. The van der Waals surface area contributed by atoms with Crippen molar-refractivity contribution in [2.45, 2.75) is 32.6 Å². The molecule has 8 heteroatoms. The van der Waals surface area contributed by atoms with Gasteiger partial charge in [-0.3, -0.25) is 4.79 Å². The van der Waals surface area contributed by atoms with Crippen molar-refractivity contribution in [3.8, 4) is 11.9 Å². The Morgan fingerprint density at radius 1 is 1.22 bits per heavy atom. The van der Waals surface area contributed by atoms with Crippen LogP contribution < -0.4 is 10.1 Å². The number of aromatic carboxylic acids is 1. The summed E-state index contributed by atoms with van der Waals surface area (Å²) in [6.45, 7) is 2.67. The molecule has 0 saturated carbocycles. The van der Waals surface area contributed by atoms with Crippen LogP contribution in [0.15, 0.2) is 30.6 Å². The summed E-state index contributed by atoms with van der Waals surface area (Å²) in [5.74, 6) is -1.53. The molecule has 0 aliphatic heterocycles. The number of carboxylic acids is 1. The fourth-order valence-electron chi connectivity index (χ4n) is 2.30. The first-order valence-corrected chi connectivity index (χ1v) is 8.58. The lowest BCUT2D eigenvalue weighted by Crippen LogP contribution is -2.16. The van der Waals surface area contributed by atoms with Gasteiger partial charge in [-0.1, -0.05) is 26.2 Å². The van der Waals surface area contributed by atoms with Crippen molar-refractivity contribution in [2.75, 3.05) is 11.9 Å². The van der Waals surface area contributed by atoms with E-state index in [-0.39, 0.29) is 22.5 Å².